The van der Waals surface area contributed by atoms with E-state index in [0.29, 0.717) is 23.5 Å². The zero-order valence-corrected chi connectivity index (χ0v) is 15.1. The largest absolute Gasteiger partial charge is 0.481 e. The number of nitrogens with one attached hydrogen (secondary N) is 1. The molecule has 140 valence electrons. The summed E-state index contributed by atoms with van der Waals surface area (Å²) in [7, 11) is 0. The maximum atomic E-state index is 14.0. The molecular formula is C21H21FN2O3. The van der Waals surface area contributed by atoms with E-state index < -0.39 is 6.10 Å². The second kappa shape index (κ2) is 7.02. The molecule has 0 spiro atoms. The summed E-state index contributed by atoms with van der Waals surface area (Å²) in [6, 6.07) is 11.8. The SMILES string of the molecule is CC1Oc2ccc(NC(=O)C3CC3)cc2CN(Cc2ccccc2F)C1=O. The molecule has 6 heteroatoms. The van der Waals surface area contributed by atoms with Gasteiger partial charge in [-0.2, -0.15) is 0 Å². The third-order valence-corrected chi connectivity index (χ3v) is 4.92. The van der Waals surface area contributed by atoms with Crippen LogP contribution in [0.15, 0.2) is 42.5 Å². The van der Waals surface area contributed by atoms with E-state index in [9.17, 15) is 14.0 Å². The van der Waals surface area contributed by atoms with Crippen LogP contribution in [0.2, 0.25) is 0 Å². The van der Waals surface area contributed by atoms with Crippen LogP contribution in [0.1, 0.15) is 30.9 Å². The van der Waals surface area contributed by atoms with Crippen molar-refractivity contribution in [3.63, 3.8) is 0 Å². The zero-order chi connectivity index (χ0) is 19.0. The van der Waals surface area contributed by atoms with Gasteiger partial charge in [0, 0.05) is 35.8 Å². The first-order chi connectivity index (χ1) is 13.0. The van der Waals surface area contributed by atoms with E-state index in [1.54, 1.807) is 42.2 Å². The minimum absolute atomic E-state index is 0.0251. The molecule has 2 aromatic rings. The lowest BCUT2D eigenvalue weighted by Gasteiger charge is -2.22. The van der Waals surface area contributed by atoms with E-state index in [1.165, 1.54) is 6.07 Å². The van der Waals surface area contributed by atoms with Crippen LogP contribution in [0.25, 0.3) is 0 Å². The van der Waals surface area contributed by atoms with Crippen molar-refractivity contribution in [2.24, 2.45) is 5.92 Å². The maximum Gasteiger partial charge on any atom is 0.263 e. The zero-order valence-electron chi connectivity index (χ0n) is 15.1. The average Bonchev–Trinajstić information content (AvgIpc) is 3.49. The smallest absolute Gasteiger partial charge is 0.263 e. The van der Waals surface area contributed by atoms with Crippen molar-refractivity contribution in [2.45, 2.75) is 39.0 Å². The van der Waals surface area contributed by atoms with Crippen LogP contribution in [-0.4, -0.2) is 22.8 Å². The molecule has 1 N–H and O–H groups in total. The highest BCUT2D eigenvalue weighted by Gasteiger charge is 2.31. The van der Waals surface area contributed by atoms with Gasteiger partial charge in [-0.15, -0.1) is 0 Å². The molecule has 0 radical (unpaired) electrons. The molecule has 1 aliphatic carbocycles. The monoisotopic (exact) mass is 368 g/mol. The van der Waals surface area contributed by atoms with Crippen molar-refractivity contribution in [3.8, 4) is 5.75 Å². The fraction of sp³-hybridized carbons (Fsp3) is 0.333. The van der Waals surface area contributed by atoms with Crippen molar-refractivity contribution in [1.82, 2.24) is 4.90 Å². The highest BCUT2D eigenvalue weighted by molar-refractivity contribution is 5.94. The lowest BCUT2D eigenvalue weighted by atomic mass is 10.1. The molecule has 4 rings (SSSR count). The average molecular weight is 368 g/mol. The van der Waals surface area contributed by atoms with E-state index in [-0.39, 0.29) is 30.1 Å². The summed E-state index contributed by atoms with van der Waals surface area (Å²) in [5, 5.41) is 2.91. The molecule has 0 aromatic heterocycles. The molecule has 2 aromatic carbocycles. The predicted octanol–water partition coefficient (Wildman–Crippen LogP) is 3.48. The Morgan fingerprint density at radius 2 is 2.04 bits per heavy atom. The summed E-state index contributed by atoms with van der Waals surface area (Å²) in [5.41, 5.74) is 1.93. The van der Waals surface area contributed by atoms with Gasteiger partial charge < -0.3 is 15.0 Å². The van der Waals surface area contributed by atoms with Gasteiger partial charge in [-0.25, -0.2) is 4.39 Å². The van der Waals surface area contributed by atoms with Crippen molar-refractivity contribution >= 4 is 17.5 Å². The van der Waals surface area contributed by atoms with Gasteiger partial charge in [0.2, 0.25) is 5.91 Å². The first-order valence-electron chi connectivity index (χ1n) is 9.14. The first-order valence-corrected chi connectivity index (χ1v) is 9.14. The van der Waals surface area contributed by atoms with Gasteiger partial charge in [0.1, 0.15) is 11.6 Å². The number of benzene rings is 2. The van der Waals surface area contributed by atoms with Gasteiger partial charge in [-0.1, -0.05) is 18.2 Å². The van der Waals surface area contributed by atoms with E-state index in [1.807, 2.05) is 6.07 Å². The number of carbonyl (C=O) groups is 2. The Balaban J connectivity index is 1.59. The van der Waals surface area contributed by atoms with E-state index in [0.717, 1.165) is 18.4 Å². The molecule has 1 heterocycles. The lowest BCUT2D eigenvalue weighted by molar-refractivity contribution is -0.138. The van der Waals surface area contributed by atoms with Gasteiger partial charge in [0.15, 0.2) is 6.10 Å². The Kier molecular flexibility index (Phi) is 4.56. The molecule has 1 unspecified atom stereocenters. The number of nitrogens with zero attached hydrogens (tertiary/aromatic N) is 1. The highest BCUT2D eigenvalue weighted by Crippen LogP contribution is 2.32. The van der Waals surface area contributed by atoms with Crippen LogP contribution < -0.4 is 10.1 Å². The summed E-state index contributed by atoms with van der Waals surface area (Å²) < 4.78 is 19.8. The number of rotatable bonds is 4. The van der Waals surface area contributed by atoms with Gasteiger partial charge in [0.25, 0.3) is 5.91 Å². The molecule has 0 bridgehead atoms. The summed E-state index contributed by atoms with van der Waals surface area (Å²) in [6.45, 7) is 2.14. The van der Waals surface area contributed by atoms with Gasteiger partial charge in [-0.05, 0) is 44.0 Å². The summed E-state index contributed by atoms with van der Waals surface area (Å²) >= 11 is 0. The third kappa shape index (κ3) is 3.79. The molecule has 27 heavy (non-hydrogen) atoms. The quantitative estimate of drug-likeness (QED) is 0.899. The Morgan fingerprint density at radius 3 is 2.78 bits per heavy atom. The summed E-state index contributed by atoms with van der Waals surface area (Å²) in [6.07, 6.45) is 1.20. The molecule has 1 saturated carbocycles. The normalized spacial score (nSPS) is 19.1. The molecule has 1 aliphatic heterocycles. The highest BCUT2D eigenvalue weighted by atomic mass is 19.1. The molecule has 5 nitrogen and oxygen atoms in total. The Hall–Kier alpha value is -2.89. The minimum atomic E-state index is -0.662. The number of fused-ring (bicyclic) bond motifs is 1. The summed E-state index contributed by atoms with van der Waals surface area (Å²) in [4.78, 5) is 26.3. The van der Waals surface area contributed by atoms with Crippen LogP contribution in [0.4, 0.5) is 10.1 Å². The summed E-state index contributed by atoms with van der Waals surface area (Å²) in [5.74, 6) is 0.208. The van der Waals surface area contributed by atoms with Gasteiger partial charge >= 0.3 is 0 Å². The van der Waals surface area contributed by atoms with Crippen molar-refractivity contribution < 1.29 is 18.7 Å². The van der Waals surface area contributed by atoms with Crippen molar-refractivity contribution in [2.75, 3.05) is 5.32 Å². The predicted molar refractivity (Wildman–Crippen MR) is 98.5 cm³/mol. The molecule has 2 aliphatic rings. The Bertz CT molecular complexity index is 895. The van der Waals surface area contributed by atoms with Gasteiger partial charge in [-0.3, -0.25) is 9.59 Å². The topological polar surface area (TPSA) is 58.6 Å². The molecular weight excluding hydrogens is 347 g/mol. The lowest BCUT2D eigenvalue weighted by Crippen LogP contribution is -2.37. The van der Waals surface area contributed by atoms with Crippen LogP contribution >= 0.6 is 0 Å². The minimum Gasteiger partial charge on any atom is -0.481 e. The van der Waals surface area contributed by atoms with Crippen molar-refractivity contribution in [1.29, 1.82) is 0 Å². The van der Waals surface area contributed by atoms with E-state index in [4.69, 9.17) is 4.74 Å². The molecule has 1 fully saturated rings. The van der Waals surface area contributed by atoms with Crippen LogP contribution in [-0.2, 0) is 22.7 Å². The van der Waals surface area contributed by atoms with Crippen LogP contribution in [0.5, 0.6) is 5.75 Å². The standard InChI is InChI=1S/C21H21FN2O3/c1-13-21(26)24(11-15-4-2-3-5-18(15)22)12-16-10-17(8-9-19(16)27-13)23-20(25)14-6-7-14/h2-5,8-10,13-14H,6-7,11-12H2,1H3,(H,23,25). The molecule has 2 amide bonds. The molecule has 0 saturated heterocycles. The number of amides is 2. The van der Waals surface area contributed by atoms with E-state index >= 15 is 0 Å². The fourth-order valence-corrected chi connectivity index (χ4v) is 3.23. The first kappa shape index (κ1) is 17.5. The number of anilines is 1. The Morgan fingerprint density at radius 1 is 1.26 bits per heavy atom. The fourth-order valence-electron chi connectivity index (χ4n) is 3.23. The maximum absolute atomic E-state index is 14.0. The number of hydrogen-bond donors (Lipinski definition) is 1. The number of halogens is 1. The third-order valence-electron chi connectivity index (χ3n) is 4.92. The van der Waals surface area contributed by atoms with Crippen molar-refractivity contribution in [3.05, 3.63) is 59.4 Å². The number of ether oxygens (including phenoxy) is 1. The van der Waals surface area contributed by atoms with Crippen LogP contribution in [0.3, 0.4) is 0 Å². The Labute approximate surface area is 157 Å². The molecule has 1 atom stereocenters. The van der Waals surface area contributed by atoms with Crippen LogP contribution in [0, 0.1) is 11.7 Å². The second-order valence-electron chi connectivity index (χ2n) is 7.13. The van der Waals surface area contributed by atoms with E-state index in [2.05, 4.69) is 5.32 Å². The number of hydrogen-bond acceptors (Lipinski definition) is 3. The second-order valence-corrected chi connectivity index (χ2v) is 7.13. The van der Waals surface area contributed by atoms with Gasteiger partial charge in [0.05, 0.1) is 0 Å². The number of carbonyl (C=O) groups excluding carboxylic acids is 2.